The van der Waals surface area contributed by atoms with Crippen LogP contribution >= 0.6 is 23.2 Å². The normalized spacial score (nSPS) is 10.9. The van der Waals surface area contributed by atoms with Crippen molar-refractivity contribution < 1.29 is 15.0 Å². The Morgan fingerprint density at radius 3 is 2.11 bits per heavy atom. The fourth-order valence-electron chi connectivity index (χ4n) is 1.52. The van der Waals surface area contributed by atoms with E-state index >= 15 is 0 Å². The van der Waals surface area contributed by atoms with E-state index in [9.17, 15) is 4.79 Å². The summed E-state index contributed by atoms with van der Waals surface area (Å²) in [7, 11) is 0. The van der Waals surface area contributed by atoms with Gasteiger partial charge < -0.3 is 15.1 Å². The molecule has 1 aromatic carbocycles. The summed E-state index contributed by atoms with van der Waals surface area (Å²) in [6.07, 6.45) is 2.94. The van der Waals surface area contributed by atoms with Crippen LogP contribution in [-0.2, 0) is 4.79 Å². The largest absolute Gasteiger partial charge is 0.395 e. The van der Waals surface area contributed by atoms with Crippen molar-refractivity contribution in [2.75, 3.05) is 26.3 Å². The molecule has 1 aromatic rings. The third kappa shape index (κ3) is 5.61. The summed E-state index contributed by atoms with van der Waals surface area (Å²) in [5.41, 5.74) is 0.707. The minimum atomic E-state index is -0.292. The number of amides is 1. The van der Waals surface area contributed by atoms with Crippen molar-refractivity contribution in [1.29, 1.82) is 0 Å². The molecule has 0 radical (unpaired) electrons. The lowest BCUT2D eigenvalue weighted by molar-refractivity contribution is -0.126. The molecule has 0 bridgehead atoms. The van der Waals surface area contributed by atoms with Crippen LogP contribution in [0.2, 0.25) is 10.0 Å². The summed E-state index contributed by atoms with van der Waals surface area (Å²) in [5, 5.41) is 18.6. The van der Waals surface area contributed by atoms with Crippen molar-refractivity contribution in [3.05, 3.63) is 39.9 Å². The number of hydrogen-bond acceptors (Lipinski definition) is 3. The van der Waals surface area contributed by atoms with Crippen LogP contribution in [0.1, 0.15) is 5.56 Å². The van der Waals surface area contributed by atoms with Crippen LogP contribution in [0.25, 0.3) is 6.08 Å². The quantitative estimate of drug-likeness (QED) is 0.788. The van der Waals surface area contributed by atoms with E-state index in [1.807, 2.05) is 0 Å². The third-order valence-electron chi connectivity index (χ3n) is 2.35. The van der Waals surface area contributed by atoms with Crippen LogP contribution in [0.3, 0.4) is 0 Å². The second kappa shape index (κ2) is 8.17. The lowest BCUT2D eigenvalue weighted by Crippen LogP contribution is -2.34. The van der Waals surface area contributed by atoms with Crippen LogP contribution in [0.4, 0.5) is 0 Å². The van der Waals surface area contributed by atoms with Crippen molar-refractivity contribution >= 4 is 35.2 Å². The van der Waals surface area contributed by atoms with E-state index < -0.39 is 0 Å². The molecular formula is C13H15Cl2NO3. The van der Waals surface area contributed by atoms with Gasteiger partial charge in [-0.1, -0.05) is 23.2 Å². The zero-order valence-corrected chi connectivity index (χ0v) is 11.7. The number of aliphatic hydroxyl groups excluding tert-OH is 2. The van der Waals surface area contributed by atoms with Gasteiger partial charge in [0.1, 0.15) is 0 Å². The Balaban J connectivity index is 2.75. The van der Waals surface area contributed by atoms with Crippen LogP contribution < -0.4 is 0 Å². The number of carbonyl (C=O) groups is 1. The average molecular weight is 304 g/mol. The Morgan fingerprint density at radius 2 is 1.63 bits per heavy atom. The molecule has 0 heterocycles. The number of aliphatic hydroxyl groups is 2. The number of halogens is 2. The van der Waals surface area contributed by atoms with Gasteiger partial charge in [0.15, 0.2) is 0 Å². The summed E-state index contributed by atoms with van der Waals surface area (Å²) >= 11 is 11.7. The zero-order valence-electron chi connectivity index (χ0n) is 10.2. The lowest BCUT2D eigenvalue weighted by Gasteiger charge is -2.18. The highest BCUT2D eigenvalue weighted by Crippen LogP contribution is 2.19. The summed E-state index contributed by atoms with van der Waals surface area (Å²) in [4.78, 5) is 13.2. The zero-order chi connectivity index (χ0) is 14.3. The second-order valence-corrected chi connectivity index (χ2v) is 4.68. The molecule has 1 amide bonds. The first-order valence-electron chi connectivity index (χ1n) is 5.71. The molecule has 19 heavy (non-hydrogen) atoms. The first kappa shape index (κ1) is 16.0. The van der Waals surface area contributed by atoms with Gasteiger partial charge in [0, 0.05) is 29.2 Å². The minimum absolute atomic E-state index is 0.150. The molecule has 104 valence electrons. The Morgan fingerprint density at radius 1 is 1.11 bits per heavy atom. The Kier molecular flexibility index (Phi) is 6.87. The summed E-state index contributed by atoms with van der Waals surface area (Å²) < 4.78 is 0. The van der Waals surface area contributed by atoms with Gasteiger partial charge in [-0.3, -0.25) is 4.79 Å². The van der Waals surface area contributed by atoms with Gasteiger partial charge >= 0.3 is 0 Å². The van der Waals surface area contributed by atoms with E-state index in [-0.39, 0.29) is 32.2 Å². The van der Waals surface area contributed by atoms with Crippen molar-refractivity contribution in [3.8, 4) is 0 Å². The van der Waals surface area contributed by atoms with Gasteiger partial charge in [0.05, 0.1) is 13.2 Å². The summed E-state index contributed by atoms with van der Waals surface area (Å²) in [6, 6.07) is 4.96. The first-order chi connectivity index (χ1) is 9.06. The van der Waals surface area contributed by atoms with Crippen LogP contribution in [0.5, 0.6) is 0 Å². The van der Waals surface area contributed by atoms with E-state index in [2.05, 4.69) is 0 Å². The maximum absolute atomic E-state index is 11.8. The predicted molar refractivity (Wildman–Crippen MR) is 76.2 cm³/mol. The molecule has 0 spiro atoms. The van der Waals surface area contributed by atoms with Crippen molar-refractivity contribution in [2.24, 2.45) is 0 Å². The minimum Gasteiger partial charge on any atom is -0.395 e. The SMILES string of the molecule is O=C(/C=C/c1cc(Cl)cc(Cl)c1)N(CCO)CCO. The molecule has 6 heteroatoms. The number of carbonyl (C=O) groups excluding carboxylic acids is 1. The van der Waals surface area contributed by atoms with Crippen LogP contribution in [0, 0.1) is 0 Å². The number of nitrogens with zero attached hydrogens (tertiary/aromatic N) is 1. The monoisotopic (exact) mass is 303 g/mol. The highest BCUT2D eigenvalue weighted by atomic mass is 35.5. The van der Waals surface area contributed by atoms with Crippen molar-refractivity contribution in [2.45, 2.75) is 0 Å². The van der Waals surface area contributed by atoms with E-state index in [0.29, 0.717) is 15.6 Å². The van der Waals surface area contributed by atoms with Gasteiger partial charge in [0.2, 0.25) is 5.91 Å². The number of rotatable bonds is 6. The molecule has 0 fully saturated rings. The fraction of sp³-hybridized carbons (Fsp3) is 0.308. The first-order valence-corrected chi connectivity index (χ1v) is 6.47. The molecule has 4 nitrogen and oxygen atoms in total. The molecule has 0 saturated carbocycles. The van der Waals surface area contributed by atoms with E-state index in [1.165, 1.54) is 11.0 Å². The topological polar surface area (TPSA) is 60.8 Å². The molecule has 1 rings (SSSR count). The molecule has 0 aromatic heterocycles. The highest BCUT2D eigenvalue weighted by Gasteiger charge is 2.08. The fourth-order valence-corrected chi connectivity index (χ4v) is 2.06. The van der Waals surface area contributed by atoms with Crippen LogP contribution in [0.15, 0.2) is 24.3 Å². The molecule has 2 N–H and O–H groups in total. The van der Waals surface area contributed by atoms with Crippen molar-refractivity contribution in [1.82, 2.24) is 4.90 Å². The van der Waals surface area contributed by atoms with Gasteiger partial charge in [0.25, 0.3) is 0 Å². The van der Waals surface area contributed by atoms with Gasteiger partial charge in [-0.25, -0.2) is 0 Å². The van der Waals surface area contributed by atoms with E-state index in [4.69, 9.17) is 33.4 Å². The standard InChI is InChI=1S/C13H15Cl2NO3/c14-11-7-10(8-12(15)9-11)1-2-13(19)16(3-5-17)4-6-18/h1-2,7-9,17-18H,3-6H2/b2-1+. The lowest BCUT2D eigenvalue weighted by atomic mass is 10.2. The summed E-state index contributed by atoms with van der Waals surface area (Å²) in [5.74, 6) is -0.292. The molecule has 0 atom stereocenters. The Bertz CT molecular complexity index is 437. The molecule has 0 unspecified atom stereocenters. The van der Waals surface area contributed by atoms with Gasteiger partial charge in [-0.05, 0) is 29.8 Å². The van der Waals surface area contributed by atoms with Gasteiger partial charge in [-0.2, -0.15) is 0 Å². The smallest absolute Gasteiger partial charge is 0.246 e. The molecule has 0 aliphatic heterocycles. The number of benzene rings is 1. The Hall–Kier alpha value is -1.07. The average Bonchev–Trinajstić information content (AvgIpc) is 2.34. The van der Waals surface area contributed by atoms with Crippen molar-refractivity contribution in [3.63, 3.8) is 0 Å². The second-order valence-electron chi connectivity index (χ2n) is 3.81. The maximum atomic E-state index is 11.8. The Labute approximate surface area is 121 Å². The molecule has 0 aliphatic rings. The third-order valence-corrected chi connectivity index (χ3v) is 2.79. The van der Waals surface area contributed by atoms with Crippen LogP contribution in [-0.4, -0.2) is 47.3 Å². The number of hydrogen-bond donors (Lipinski definition) is 2. The maximum Gasteiger partial charge on any atom is 0.246 e. The van der Waals surface area contributed by atoms with E-state index in [0.717, 1.165) is 0 Å². The molecule has 0 saturated heterocycles. The van der Waals surface area contributed by atoms with E-state index in [1.54, 1.807) is 24.3 Å². The molecule has 0 aliphatic carbocycles. The molecular weight excluding hydrogens is 289 g/mol. The summed E-state index contributed by atoms with van der Waals surface area (Å²) in [6.45, 7) is 0.0607. The predicted octanol–water partition coefficient (Wildman–Crippen LogP) is 1.82. The van der Waals surface area contributed by atoms with Gasteiger partial charge in [-0.15, -0.1) is 0 Å². The highest BCUT2D eigenvalue weighted by molar-refractivity contribution is 6.34.